The van der Waals surface area contributed by atoms with Crippen molar-refractivity contribution in [3.05, 3.63) is 88.0 Å². The lowest BCUT2D eigenvalue weighted by Crippen LogP contribution is -2.50. The van der Waals surface area contributed by atoms with E-state index in [9.17, 15) is 40.3 Å². The third-order valence-corrected chi connectivity index (χ3v) is 6.12. The van der Waals surface area contributed by atoms with E-state index in [0.717, 1.165) is 13.8 Å². The predicted molar refractivity (Wildman–Crippen MR) is 138 cm³/mol. The fourth-order valence-electron chi connectivity index (χ4n) is 4.08. The van der Waals surface area contributed by atoms with Crippen molar-refractivity contribution < 1.29 is 40.3 Å². The van der Waals surface area contributed by atoms with Crippen molar-refractivity contribution in [3.8, 4) is 6.07 Å². The van der Waals surface area contributed by atoms with Gasteiger partial charge in [-0.1, -0.05) is 12.1 Å². The van der Waals surface area contributed by atoms with Crippen LogP contribution in [0.2, 0.25) is 0 Å². The number of nitrogens with one attached hydrogen (secondary N) is 3. The van der Waals surface area contributed by atoms with Crippen LogP contribution in [0.5, 0.6) is 0 Å². The Kier molecular flexibility index (Phi) is 8.66. The fourth-order valence-corrected chi connectivity index (χ4v) is 4.08. The molecule has 3 rings (SSSR count). The zero-order valence-electron chi connectivity index (χ0n) is 21.8. The maximum atomic E-state index is 14.6. The van der Waals surface area contributed by atoms with Crippen molar-refractivity contribution in [2.45, 2.75) is 38.8 Å². The van der Waals surface area contributed by atoms with Gasteiger partial charge in [-0.3, -0.25) is 9.59 Å². The minimum atomic E-state index is -6.28. The number of alkyl halides is 7. The second kappa shape index (κ2) is 11.5. The highest BCUT2D eigenvalue weighted by Crippen LogP contribution is 2.53. The van der Waals surface area contributed by atoms with Gasteiger partial charge >= 0.3 is 18.0 Å². The Labute approximate surface area is 230 Å². The molecule has 0 spiro atoms. The van der Waals surface area contributed by atoms with E-state index in [4.69, 9.17) is 5.26 Å². The molecule has 0 aliphatic rings. The summed E-state index contributed by atoms with van der Waals surface area (Å²) < 4.78 is 94.1. The maximum absolute atomic E-state index is 14.6. The van der Waals surface area contributed by atoms with Gasteiger partial charge in [0.1, 0.15) is 0 Å². The molecule has 0 aliphatic carbocycles. The second-order valence-electron chi connectivity index (χ2n) is 9.03. The number of nitrogens with zero attached hydrogens (tertiary/aromatic N) is 1. The number of nitriles is 1. The molecular weight excluding hydrogens is 557 g/mol. The number of anilines is 3. The Morgan fingerprint density at radius 1 is 0.805 bits per heavy atom. The molecule has 0 aliphatic heterocycles. The van der Waals surface area contributed by atoms with Crippen LogP contribution in [-0.2, 0) is 5.67 Å². The van der Waals surface area contributed by atoms with Crippen LogP contribution >= 0.6 is 0 Å². The van der Waals surface area contributed by atoms with Crippen LogP contribution in [0, 0.1) is 25.2 Å². The Bertz CT molecular complexity index is 1470. The van der Waals surface area contributed by atoms with Crippen molar-refractivity contribution in [3.63, 3.8) is 0 Å². The minimum absolute atomic E-state index is 0.00206. The molecule has 0 fully saturated rings. The number of hydrogen-bond acceptors (Lipinski definition) is 4. The van der Waals surface area contributed by atoms with Gasteiger partial charge < -0.3 is 16.0 Å². The lowest BCUT2D eigenvalue weighted by atomic mass is 9.90. The number of benzene rings is 3. The van der Waals surface area contributed by atoms with E-state index in [2.05, 4.69) is 16.0 Å². The Morgan fingerprint density at radius 3 is 1.85 bits per heavy atom. The highest BCUT2D eigenvalue weighted by atomic mass is 19.4. The van der Waals surface area contributed by atoms with Gasteiger partial charge in [0.15, 0.2) is 0 Å². The average molecular weight is 581 g/mol. The molecule has 3 aromatic rings. The largest absolute Gasteiger partial charge is 0.435 e. The molecule has 0 aromatic heterocycles. The van der Waals surface area contributed by atoms with E-state index < -0.39 is 35.4 Å². The summed E-state index contributed by atoms with van der Waals surface area (Å²) in [5.41, 5.74) is -6.75. The quantitative estimate of drug-likeness (QED) is 0.254. The monoisotopic (exact) mass is 580 g/mol. The summed E-state index contributed by atoms with van der Waals surface area (Å²) in [5.74, 6) is -1.34. The first-order valence-corrected chi connectivity index (χ1v) is 12.0. The molecule has 0 heterocycles. The van der Waals surface area contributed by atoms with Crippen molar-refractivity contribution in [2.75, 3.05) is 22.5 Å². The van der Waals surface area contributed by atoms with Gasteiger partial charge in [-0.05, 0) is 74.4 Å². The maximum Gasteiger partial charge on any atom is 0.435 e. The fraction of sp³-hybridized carbons (Fsp3) is 0.250. The smallest absolute Gasteiger partial charge is 0.385 e. The van der Waals surface area contributed by atoms with Crippen LogP contribution < -0.4 is 16.0 Å². The first kappa shape index (κ1) is 30.9. The van der Waals surface area contributed by atoms with Crippen LogP contribution in [0.3, 0.4) is 0 Å². The SMILES string of the molecule is CCNc1ccc(NC(=O)c2ccc(C#N)cc2)cc1C(=O)Nc1c(C)cc(C(F)(C(F)(F)F)C(F)(F)F)cc1C. The van der Waals surface area contributed by atoms with E-state index in [0.29, 0.717) is 29.9 Å². The number of halogens is 7. The van der Waals surface area contributed by atoms with Crippen LogP contribution in [0.4, 0.5) is 47.8 Å². The Morgan fingerprint density at radius 2 is 1.37 bits per heavy atom. The van der Waals surface area contributed by atoms with Gasteiger partial charge in [0.25, 0.3) is 11.8 Å². The summed E-state index contributed by atoms with van der Waals surface area (Å²) in [5, 5.41) is 16.9. The second-order valence-corrected chi connectivity index (χ2v) is 9.03. The summed E-state index contributed by atoms with van der Waals surface area (Å²) in [7, 11) is 0. The topological polar surface area (TPSA) is 94.0 Å². The van der Waals surface area contributed by atoms with Gasteiger partial charge in [0.05, 0.1) is 17.2 Å². The lowest BCUT2D eigenvalue weighted by Gasteiger charge is -2.31. The Hall–Kier alpha value is -4.60. The molecule has 41 heavy (non-hydrogen) atoms. The average Bonchev–Trinajstić information content (AvgIpc) is 2.89. The normalized spacial score (nSPS) is 11.9. The van der Waals surface area contributed by atoms with Crippen LogP contribution in [0.15, 0.2) is 54.6 Å². The molecule has 2 amide bonds. The van der Waals surface area contributed by atoms with E-state index in [1.165, 1.54) is 42.5 Å². The number of hydrogen-bond donors (Lipinski definition) is 3. The van der Waals surface area contributed by atoms with Gasteiger partial charge in [-0.25, -0.2) is 4.39 Å². The molecule has 0 atom stereocenters. The summed E-state index contributed by atoms with van der Waals surface area (Å²) in [6.45, 7) is 4.41. The number of carbonyl (C=O) groups excluding carboxylic acids is 2. The van der Waals surface area contributed by atoms with Gasteiger partial charge in [-0.15, -0.1) is 0 Å². The number of aryl methyl sites for hydroxylation is 2. The zero-order valence-corrected chi connectivity index (χ0v) is 21.8. The highest BCUT2D eigenvalue weighted by Gasteiger charge is 2.73. The number of carbonyl (C=O) groups is 2. The van der Waals surface area contributed by atoms with E-state index in [-0.39, 0.29) is 33.6 Å². The molecule has 3 aromatic carbocycles. The van der Waals surface area contributed by atoms with Gasteiger partial charge in [0.2, 0.25) is 0 Å². The molecule has 13 heteroatoms. The first-order valence-electron chi connectivity index (χ1n) is 12.0. The molecule has 0 saturated carbocycles. The van der Waals surface area contributed by atoms with E-state index >= 15 is 0 Å². The molecule has 6 nitrogen and oxygen atoms in total. The molecule has 0 radical (unpaired) electrons. The van der Waals surface area contributed by atoms with Gasteiger partial charge in [-0.2, -0.15) is 31.6 Å². The standard InChI is InChI=1S/C28H23F7N4O2/c1-4-37-22-10-9-20(38-24(40)18-7-5-17(14-36)6-8-18)13-21(22)25(41)39-23-15(2)11-19(12-16(23)3)26(29,27(30,31)32)28(33,34)35/h5-13,37H,4H2,1-3H3,(H,38,40)(H,39,41). The summed E-state index contributed by atoms with van der Waals surface area (Å²) >= 11 is 0. The Balaban J connectivity index is 1.95. The summed E-state index contributed by atoms with van der Waals surface area (Å²) in [4.78, 5) is 25.9. The first-order chi connectivity index (χ1) is 19.0. The summed E-state index contributed by atoms with van der Waals surface area (Å²) in [6.07, 6.45) is -12.6. The molecular formula is C28H23F7N4O2. The zero-order chi connectivity index (χ0) is 30.8. The van der Waals surface area contributed by atoms with Crippen LogP contribution in [-0.4, -0.2) is 30.7 Å². The molecule has 0 bridgehead atoms. The van der Waals surface area contributed by atoms with Crippen molar-refractivity contribution >= 4 is 28.9 Å². The molecule has 0 saturated heterocycles. The van der Waals surface area contributed by atoms with Crippen molar-refractivity contribution in [1.29, 1.82) is 5.26 Å². The van der Waals surface area contributed by atoms with Crippen molar-refractivity contribution in [2.24, 2.45) is 0 Å². The molecule has 3 N–H and O–H groups in total. The highest BCUT2D eigenvalue weighted by molar-refractivity contribution is 6.10. The minimum Gasteiger partial charge on any atom is -0.385 e. The third-order valence-electron chi connectivity index (χ3n) is 6.12. The van der Waals surface area contributed by atoms with Crippen molar-refractivity contribution in [1.82, 2.24) is 0 Å². The number of rotatable bonds is 7. The van der Waals surface area contributed by atoms with Gasteiger partial charge in [0, 0.05) is 34.7 Å². The van der Waals surface area contributed by atoms with E-state index in [1.54, 1.807) is 6.92 Å². The third kappa shape index (κ3) is 6.26. The molecule has 216 valence electrons. The lowest BCUT2D eigenvalue weighted by molar-refractivity contribution is -0.348. The molecule has 0 unspecified atom stereocenters. The number of amides is 2. The van der Waals surface area contributed by atoms with Crippen LogP contribution in [0.25, 0.3) is 0 Å². The predicted octanol–water partition coefficient (Wildman–Crippen LogP) is 7.40. The summed E-state index contributed by atoms with van der Waals surface area (Å²) in [6, 6.07) is 12.8. The van der Waals surface area contributed by atoms with E-state index in [1.807, 2.05) is 6.07 Å². The van der Waals surface area contributed by atoms with Crippen LogP contribution in [0.1, 0.15) is 49.9 Å².